The van der Waals surface area contributed by atoms with E-state index in [0.29, 0.717) is 0 Å². The smallest absolute Gasteiger partial charge is 0.0814 e. The fourth-order valence-electron chi connectivity index (χ4n) is 4.68. The van der Waals surface area contributed by atoms with Crippen LogP contribution in [0.1, 0.15) is 38.5 Å². The monoisotopic (exact) mass is 243 g/mol. The molecule has 4 saturated carbocycles. The van der Waals surface area contributed by atoms with Crippen LogP contribution in [0.4, 0.5) is 0 Å². The lowest BCUT2D eigenvalue weighted by atomic mass is 9.49. The lowest BCUT2D eigenvalue weighted by molar-refractivity contribution is 0.00167. The minimum Gasteiger partial charge on any atom is -0.382 e. The Morgan fingerprint density at radius 1 is 1.27 bits per heavy atom. The van der Waals surface area contributed by atoms with Crippen LogP contribution in [0.2, 0.25) is 0 Å². The molecule has 0 aromatic carbocycles. The molecule has 0 amide bonds. The van der Waals surface area contributed by atoms with Crippen molar-refractivity contribution in [2.45, 2.75) is 43.4 Å². The van der Waals surface area contributed by atoms with E-state index in [9.17, 15) is 0 Å². The Labute approximate surface area is 102 Å². The lowest BCUT2D eigenvalue weighted by Gasteiger charge is -2.60. The molecule has 4 aliphatic rings. The summed E-state index contributed by atoms with van der Waals surface area (Å²) in [6, 6.07) is 0. The summed E-state index contributed by atoms with van der Waals surface area (Å²) in [5, 5.41) is 3.21. The van der Waals surface area contributed by atoms with E-state index in [1.54, 1.807) is 0 Å². The van der Waals surface area contributed by atoms with Gasteiger partial charge >= 0.3 is 0 Å². The first-order chi connectivity index (χ1) is 7.05. The Morgan fingerprint density at radius 3 is 2.33 bits per heavy atom. The van der Waals surface area contributed by atoms with Crippen molar-refractivity contribution in [3.8, 4) is 0 Å². The standard InChI is InChI=1S/C12H18ClNS/c1-14-10(15)11-3-8-2-9(4-11)6-12(13,5-8)7-11/h8-9H,2-7H2,1H3,(H,14,15)/t8-,9-,11?,12?/m1/s1. The molecule has 0 aliphatic heterocycles. The van der Waals surface area contributed by atoms with Crippen LogP contribution in [0, 0.1) is 17.3 Å². The van der Waals surface area contributed by atoms with Gasteiger partial charge in [0.1, 0.15) is 0 Å². The maximum Gasteiger partial charge on any atom is 0.0814 e. The molecule has 0 heterocycles. The van der Waals surface area contributed by atoms with Crippen LogP contribution in [0.3, 0.4) is 0 Å². The van der Waals surface area contributed by atoms with Crippen molar-refractivity contribution in [2.24, 2.45) is 17.3 Å². The van der Waals surface area contributed by atoms with Crippen LogP contribution in [-0.2, 0) is 0 Å². The van der Waals surface area contributed by atoms with Gasteiger partial charge in [-0.15, -0.1) is 11.6 Å². The van der Waals surface area contributed by atoms with Crippen LogP contribution in [0.15, 0.2) is 0 Å². The zero-order valence-electron chi connectivity index (χ0n) is 9.18. The van der Waals surface area contributed by atoms with Crippen molar-refractivity contribution in [1.29, 1.82) is 0 Å². The second-order valence-corrected chi connectivity index (χ2v) is 7.18. The third kappa shape index (κ3) is 1.44. The van der Waals surface area contributed by atoms with E-state index in [4.69, 9.17) is 23.8 Å². The molecule has 1 N–H and O–H groups in total. The minimum atomic E-state index is 0.0883. The molecule has 4 bridgehead atoms. The molecule has 0 aromatic heterocycles. The first-order valence-corrected chi connectivity index (χ1v) is 6.75. The van der Waals surface area contributed by atoms with Gasteiger partial charge in [0, 0.05) is 17.3 Å². The van der Waals surface area contributed by atoms with Gasteiger partial charge in [0.15, 0.2) is 0 Å². The van der Waals surface area contributed by atoms with Gasteiger partial charge in [0.05, 0.1) is 4.99 Å². The number of hydrogen-bond acceptors (Lipinski definition) is 1. The molecule has 0 saturated heterocycles. The van der Waals surface area contributed by atoms with E-state index < -0.39 is 0 Å². The summed E-state index contributed by atoms with van der Waals surface area (Å²) < 4.78 is 0. The SMILES string of the molecule is CNC(=S)C12C[C@H]3C[C@@H](CC(Cl)(C3)C1)C2. The van der Waals surface area contributed by atoms with Crippen molar-refractivity contribution in [3.05, 3.63) is 0 Å². The molecule has 4 rings (SSSR count). The molecule has 0 spiro atoms. The Morgan fingerprint density at radius 2 is 1.87 bits per heavy atom. The molecule has 4 fully saturated rings. The number of thiocarbonyl (C=S) groups is 1. The topological polar surface area (TPSA) is 12.0 Å². The van der Waals surface area contributed by atoms with E-state index in [-0.39, 0.29) is 10.3 Å². The molecule has 2 atom stereocenters. The van der Waals surface area contributed by atoms with E-state index in [2.05, 4.69) is 5.32 Å². The second-order valence-electron chi connectivity index (χ2n) is 5.97. The Bertz CT molecular complexity index is 301. The summed E-state index contributed by atoms with van der Waals surface area (Å²) in [5.41, 5.74) is 0.260. The maximum absolute atomic E-state index is 6.73. The average Bonchev–Trinajstić information content (AvgIpc) is 2.12. The van der Waals surface area contributed by atoms with E-state index in [1.165, 1.54) is 32.1 Å². The highest BCUT2D eigenvalue weighted by Crippen LogP contribution is 2.63. The highest BCUT2D eigenvalue weighted by atomic mass is 35.5. The van der Waals surface area contributed by atoms with Gasteiger partial charge in [0.25, 0.3) is 0 Å². The number of hydrogen-bond donors (Lipinski definition) is 1. The van der Waals surface area contributed by atoms with Crippen molar-refractivity contribution < 1.29 is 0 Å². The summed E-state index contributed by atoms with van der Waals surface area (Å²) in [4.78, 5) is 1.16. The number of halogens is 1. The van der Waals surface area contributed by atoms with Crippen LogP contribution in [0.25, 0.3) is 0 Å². The fraction of sp³-hybridized carbons (Fsp3) is 0.917. The Balaban J connectivity index is 1.96. The van der Waals surface area contributed by atoms with E-state index >= 15 is 0 Å². The molecule has 0 aromatic rings. The third-order valence-electron chi connectivity index (χ3n) is 4.70. The van der Waals surface area contributed by atoms with Crippen LogP contribution >= 0.6 is 23.8 Å². The van der Waals surface area contributed by atoms with Gasteiger partial charge in [-0.05, 0) is 50.4 Å². The normalized spacial score (nSPS) is 51.9. The highest BCUT2D eigenvalue weighted by molar-refractivity contribution is 7.80. The fourth-order valence-corrected chi connectivity index (χ4v) is 5.61. The van der Waals surface area contributed by atoms with Crippen molar-refractivity contribution >= 4 is 28.8 Å². The van der Waals surface area contributed by atoms with Crippen molar-refractivity contribution in [1.82, 2.24) is 5.32 Å². The largest absolute Gasteiger partial charge is 0.382 e. The summed E-state index contributed by atoms with van der Waals surface area (Å²) in [6.45, 7) is 0. The average molecular weight is 244 g/mol. The lowest BCUT2D eigenvalue weighted by Crippen LogP contribution is -2.57. The van der Waals surface area contributed by atoms with Gasteiger partial charge in [0.2, 0.25) is 0 Å². The third-order valence-corrected chi connectivity index (χ3v) is 5.78. The zero-order chi connectivity index (χ0) is 10.7. The first kappa shape index (κ1) is 10.3. The van der Waals surface area contributed by atoms with Crippen LogP contribution < -0.4 is 5.32 Å². The molecule has 3 heteroatoms. The van der Waals surface area contributed by atoms with Crippen LogP contribution in [-0.4, -0.2) is 16.9 Å². The van der Waals surface area contributed by atoms with Gasteiger partial charge in [-0.3, -0.25) is 0 Å². The number of nitrogens with one attached hydrogen (secondary N) is 1. The molecular weight excluding hydrogens is 226 g/mol. The van der Waals surface area contributed by atoms with Gasteiger partial charge in [-0.1, -0.05) is 12.2 Å². The number of rotatable bonds is 1. The van der Waals surface area contributed by atoms with Crippen molar-refractivity contribution in [3.63, 3.8) is 0 Å². The first-order valence-electron chi connectivity index (χ1n) is 5.96. The quantitative estimate of drug-likeness (QED) is 0.561. The van der Waals surface area contributed by atoms with Crippen LogP contribution in [0.5, 0.6) is 0 Å². The van der Waals surface area contributed by atoms with Crippen molar-refractivity contribution in [2.75, 3.05) is 7.05 Å². The number of alkyl halides is 1. The summed E-state index contributed by atoms with van der Waals surface area (Å²) in [5.74, 6) is 1.69. The van der Waals surface area contributed by atoms with E-state index in [0.717, 1.165) is 23.2 Å². The molecule has 0 unspecified atom stereocenters. The minimum absolute atomic E-state index is 0.0883. The van der Waals surface area contributed by atoms with Gasteiger partial charge < -0.3 is 5.32 Å². The molecular formula is C12H18ClNS. The molecule has 84 valence electrons. The molecule has 1 nitrogen and oxygen atoms in total. The highest BCUT2D eigenvalue weighted by Gasteiger charge is 2.58. The molecule has 4 aliphatic carbocycles. The van der Waals surface area contributed by atoms with E-state index in [1.807, 2.05) is 7.05 Å². The summed E-state index contributed by atoms with van der Waals surface area (Å²) >= 11 is 12.3. The second kappa shape index (κ2) is 3.10. The predicted molar refractivity (Wildman–Crippen MR) is 67.4 cm³/mol. The maximum atomic E-state index is 6.73. The zero-order valence-corrected chi connectivity index (χ0v) is 10.8. The summed E-state index contributed by atoms with van der Waals surface area (Å²) in [7, 11) is 1.96. The molecule has 0 radical (unpaired) electrons. The van der Waals surface area contributed by atoms with Gasteiger partial charge in [-0.2, -0.15) is 0 Å². The Hall–Kier alpha value is 0.180. The summed E-state index contributed by atoms with van der Waals surface area (Å²) in [6.07, 6.45) is 7.57. The van der Waals surface area contributed by atoms with Gasteiger partial charge in [-0.25, -0.2) is 0 Å². The Kier molecular flexibility index (Phi) is 2.14. The predicted octanol–water partition coefficient (Wildman–Crippen LogP) is 3.11. The molecule has 15 heavy (non-hydrogen) atoms.